The predicted octanol–water partition coefficient (Wildman–Crippen LogP) is 3.17. The average molecular weight is 325 g/mol. The standard InChI is InChI=1S/C19H27N5/c1-2-6-13-24(12-5-1)18-16-9-3-4-10-17(16)22-19(23-18)21-15-8-7-11-20-14-15/h3-4,9-10,15,20H,1-2,5-8,11-14H2,(H,21,22,23)/t15-/m0/s1. The van der Waals surface area contributed by atoms with Crippen LogP contribution in [0.1, 0.15) is 38.5 Å². The van der Waals surface area contributed by atoms with Gasteiger partial charge in [0.15, 0.2) is 0 Å². The van der Waals surface area contributed by atoms with Crippen LogP contribution in [0.4, 0.5) is 11.8 Å². The van der Waals surface area contributed by atoms with Gasteiger partial charge in [0.2, 0.25) is 5.95 Å². The predicted molar refractivity (Wildman–Crippen MR) is 99.7 cm³/mol. The van der Waals surface area contributed by atoms with E-state index in [1.54, 1.807) is 0 Å². The molecule has 2 aliphatic heterocycles. The Balaban J connectivity index is 1.67. The van der Waals surface area contributed by atoms with Crippen molar-refractivity contribution < 1.29 is 0 Å². The molecule has 2 N–H and O–H groups in total. The molecule has 2 aromatic rings. The van der Waals surface area contributed by atoms with Gasteiger partial charge in [-0.15, -0.1) is 0 Å². The molecule has 24 heavy (non-hydrogen) atoms. The Morgan fingerprint density at radius 2 is 1.83 bits per heavy atom. The van der Waals surface area contributed by atoms with E-state index in [0.717, 1.165) is 43.5 Å². The van der Waals surface area contributed by atoms with E-state index in [1.165, 1.54) is 43.9 Å². The van der Waals surface area contributed by atoms with E-state index in [0.29, 0.717) is 6.04 Å². The van der Waals surface area contributed by atoms with Crippen LogP contribution in [0.2, 0.25) is 0 Å². The zero-order valence-electron chi connectivity index (χ0n) is 14.3. The number of benzene rings is 1. The number of fused-ring (bicyclic) bond motifs is 1. The highest BCUT2D eigenvalue weighted by molar-refractivity contribution is 5.90. The normalized spacial score (nSPS) is 22.3. The number of para-hydroxylation sites is 1. The number of rotatable bonds is 3. The maximum atomic E-state index is 4.94. The summed E-state index contributed by atoms with van der Waals surface area (Å²) in [4.78, 5) is 12.2. The Morgan fingerprint density at radius 1 is 1.00 bits per heavy atom. The molecule has 0 aliphatic carbocycles. The number of nitrogens with one attached hydrogen (secondary N) is 2. The number of piperidine rings is 1. The minimum Gasteiger partial charge on any atom is -0.356 e. The molecular weight excluding hydrogens is 298 g/mol. The Bertz CT molecular complexity index is 673. The number of nitrogens with zero attached hydrogens (tertiary/aromatic N) is 3. The molecule has 0 saturated carbocycles. The van der Waals surface area contributed by atoms with E-state index >= 15 is 0 Å². The van der Waals surface area contributed by atoms with Gasteiger partial charge in [-0.05, 0) is 44.4 Å². The molecule has 0 unspecified atom stereocenters. The van der Waals surface area contributed by atoms with Gasteiger partial charge < -0.3 is 15.5 Å². The van der Waals surface area contributed by atoms with Crippen molar-refractivity contribution in [1.82, 2.24) is 15.3 Å². The van der Waals surface area contributed by atoms with Crippen molar-refractivity contribution in [2.45, 2.75) is 44.6 Å². The second-order valence-electron chi connectivity index (χ2n) is 6.98. The molecule has 0 bridgehead atoms. The summed E-state index contributed by atoms with van der Waals surface area (Å²) in [6.07, 6.45) is 7.57. The van der Waals surface area contributed by atoms with Gasteiger partial charge in [0, 0.05) is 31.1 Å². The molecule has 5 heteroatoms. The van der Waals surface area contributed by atoms with Crippen LogP contribution in [0.5, 0.6) is 0 Å². The minimum atomic E-state index is 0.428. The van der Waals surface area contributed by atoms with Crippen molar-refractivity contribution in [3.05, 3.63) is 24.3 Å². The first-order valence-corrected chi connectivity index (χ1v) is 9.39. The van der Waals surface area contributed by atoms with Crippen molar-refractivity contribution in [2.75, 3.05) is 36.4 Å². The third kappa shape index (κ3) is 3.46. The van der Waals surface area contributed by atoms with Gasteiger partial charge in [0.05, 0.1) is 5.52 Å². The van der Waals surface area contributed by atoms with Crippen molar-refractivity contribution >= 4 is 22.7 Å². The van der Waals surface area contributed by atoms with Gasteiger partial charge in [0.1, 0.15) is 5.82 Å². The summed E-state index contributed by atoms with van der Waals surface area (Å²) in [6.45, 7) is 4.32. The highest BCUT2D eigenvalue weighted by atomic mass is 15.2. The first-order valence-electron chi connectivity index (χ1n) is 9.39. The topological polar surface area (TPSA) is 53.1 Å². The number of hydrogen-bond donors (Lipinski definition) is 2. The molecule has 0 radical (unpaired) electrons. The average Bonchev–Trinajstić information content (AvgIpc) is 2.91. The molecule has 2 fully saturated rings. The molecule has 5 nitrogen and oxygen atoms in total. The maximum Gasteiger partial charge on any atom is 0.225 e. The van der Waals surface area contributed by atoms with E-state index in [-0.39, 0.29) is 0 Å². The lowest BCUT2D eigenvalue weighted by molar-refractivity contribution is 0.478. The van der Waals surface area contributed by atoms with E-state index < -0.39 is 0 Å². The molecule has 2 saturated heterocycles. The first-order chi connectivity index (χ1) is 11.9. The van der Waals surface area contributed by atoms with Crippen molar-refractivity contribution in [1.29, 1.82) is 0 Å². The highest BCUT2D eigenvalue weighted by Gasteiger charge is 2.18. The third-order valence-corrected chi connectivity index (χ3v) is 5.12. The van der Waals surface area contributed by atoms with Crippen LogP contribution in [0.15, 0.2) is 24.3 Å². The van der Waals surface area contributed by atoms with Crippen molar-refractivity contribution in [2.24, 2.45) is 0 Å². The zero-order valence-corrected chi connectivity index (χ0v) is 14.3. The van der Waals surface area contributed by atoms with Crippen LogP contribution in [0.25, 0.3) is 10.9 Å². The summed E-state index contributed by atoms with van der Waals surface area (Å²) in [6, 6.07) is 8.83. The second kappa shape index (κ2) is 7.34. The quantitative estimate of drug-likeness (QED) is 0.908. The monoisotopic (exact) mass is 325 g/mol. The summed E-state index contributed by atoms with van der Waals surface area (Å²) < 4.78 is 0. The zero-order chi connectivity index (χ0) is 16.2. The minimum absolute atomic E-state index is 0.428. The Hall–Kier alpha value is -1.88. The molecular formula is C19H27N5. The Kier molecular flexibility index (Phi) is 4.78. The van der Waals surface area contributed by atoms with Crippen LogP contribution >= 0.6 is 0 Å². The number of anilines is 2. The molecule has 1 aromatic carbocycles. The fourth-order valence-electron chi connectivity index (χ4n) is 3.81. The molecule has 0 spiro atoms. The first kappa shape index (κ1) is 15.6. The van der Waals surface area contributed by atoms with Gasteiger partial charge in [-0.1, -0.05) is 25.0 Å². The van der Waals surface area contributed by atoms with Gasteiger partial charge in [0.25, 0.3) is 0 Å². The van der Waals surface area contributed by atoms with Crippen molar-refractivity contribution in [3.8, 4) is 0 Å². The van der Waals surface area contributed by atoms with Crippen molar-refractivity contribution in [3.63, 3.8) is 0 Å². The Labute approximate surface area is 143 Å². The largest absolute Gasteiger partial charge is 0.356 e. The number of aromatic nitrogens is 2. The summed E-state index contributed by atoms with van der Waals surface area (Å²) in [7, 11) is 0. The molecule has 1 aromatic heterocycles. The van der Waals surface area contributed by atoms with Crippen LogP contribution in [0, 0.1) is 0 Å². The third-order valence-electron chi connectivity index (χ3n) is 5.12. The van der Waals surface area contributed by atoms with Gasteiger partial charge in [-0.3, -0.25) is 0 Å². The molecule has 128 valence electrons. The van der Waals surface area contributed by atoms with Crippen LogP contribution in [0.3, 0.4) is 0 Å². The van der Waals surface area contributed by atoms with Crippen LogP contribution in [-0.4, -0.2) is 42.2 Å². The lowest BCUT2D eigenvalue weighted by atomic mass is 10.1. The van der Waals surface area contributed by atoms with Gasteiger partial charge >= 0.3 is 0 Å². The van der Waals surface area contributed by atoms with Crippen LogP contribution in [-0.2, 0) is 0 Å². The smallest absolute Gasteiger partial charge is 0.225 e. The second-order valence-corrected chi connectivity index (χ2v) is 6.98. The van der Waals surface area contributed by atoms with E-state index in [2.05, 4.69) is 39.8 Å². The van der Waals surface area contributed by atoms with Gasteiger partial charge in [-0.2, -0.15) is 4.98 Å². The van der Waals surface area contributed by atoms with Crippen LogP contribution < -0.4 is 15.5 Å². The molecule has 1 atom stereocenters. The van der Waals surface area contributed by atoms with E-state index in [9.17, 15) is 0 Å². The summed E-state index contributed by atoms with van der Waals surface area (Å²) in [5.41, 5.74) is 1.04. The van der Waals surface area contributed by atoms with E-state index in [4.69, 9.17) is 9.97 Å². The molecule has 2 aliphatic rings. The Morgan fingerprint density at radius 3 is 2.62 bits per heavy atom. The molecule has 4 rings (SSSR count). The molecule has 3 heterocycles. The fourth-order valence-corrected chi connectivity index (χ4v) is 3.81. The summed E-state index contributed by atoms with van der Waals surface area (Å²) in [5.74, 6) is 1.88. The molecule has 0 amide bonds. The lowest BCUT2D eigenvalue weighted by Gasteiger charge is -2.26. The van der Waals surface area contributed by atoms with Gasteiger partial charge in [-0.25, -0.2) is 4.98 Å². The fraction of sp³-hybridized carbons (Fsp3) is 0.579. The number of hydrogen-bond acceptors (Lipinski definition) is 5. The highest BCUT2D eigenvalue weighted by Crippen LogP contribution is 2.27. The SMILES string of the molecule is c1ccc2c(N3CCCCCC3)nc(N[C@H]3CCCNC3)nc2c1. The summed E-state index contributed by atoms with van der Waals surface area (Å²) >= 11 is 0. The lowest BCUT2D eigenvalue weighted by Crippen LogP contribution is -2.39. The maximum absolute atomic E-state index is 4.94. The van der Waals surface area contributed by atoms with E-state index in [1.807, 2.05) is 0 Å². The summed E-state index contributed by atoms with van der Waals surface area (Å²) in [5, 5.41) is 8.18.